The molecule has 0 radical (unpaired) electrons. The molecule has 76 valence electrons. The highest BCUT2D eigenvalue weighted by Crippen LogP contribution is 2.19. The molecule has 0 heterocycles. The first kappa shape index (κ1) is 11.0. The van der Waals surface area contributed by atoms with Gasteiger partial charge in [-0.3, -0.25) is 4.79 Å². The van der Waals surface area contributed by atoms with Gasteiger partial charge < -0.3 is 10.4 Å². The summed E-state index contributed by atoms with van der Waals surface area (Å²) >= 11 is 5.87. The van der Waals surface area contributed by atoms with Gasteiger partial charge in [0.15, 0.2) is 0 Å². The fourth-order valence-electron chi connectivity index (χ4n) is 0.996. The second-order valence-corrected chi connectivity index (χ2v) is 3.39. The summed E-state index contributed by atoms with van der Waals surface area (Å²) in [5.41, 5.74) is 1.62. The van der Waals surface area contributed by atoms with Crippen LogP contribution in [0.25, 0.3) is 0 Å². The van der Waals surface area contributed by atoms with Crippen LogP contribution >= 0.6 is 11.6 Å². The van der Waals surface area contributed by atoms with Gasteiger partial charge >= 0.3 is 0 Å². The van der Waals surface area contributed by atoms with Crippen molar-refractivity contribution in [3.8, 4) is 0 Å². The number of anilines is 1. The Morgan fingerprint density at radius 2 is 2.29 bits per heavy atom. The molecule has 3 nitrogen and oxygen atoms in total. The Morgan fingerprint density at radius 3 is 2.86 bits per heavy atom. The number of rotatable bonds is 3. The lowest BCUT2D eigenvalue weighted by Crippen LogP contribution is -2.12. The van der Waals surface area contributed by atoms with Crippen molar-refractivity contribution < 1.29 is 9.90 Å². The molecule has 0 aliphatic heterocycles. The Bertz CT molecular complexity index is 339. The fraction of sp³-hybridized carbons (Fsp3) is 0.300. The van der Waals surface area contributed by atoms with E-state index in [-0.39, 0.29) is 18.9 Å². The molecule has 1 aromatic rings. The van der Waals surface area contributed by atoms with Crippen molar-refractivity contribution >= 4 is 23.2 Å². The maximum absolute atomic E-state index is 11.1. The predicted octanol–water partition coefficient (Wildman–Crippen LogP) is 1.97. The summed E-state index contributed by atoms with van der Waals surface area (Å²) in [7, 11) is 0. The van der Waals surface area contributed by atoms with E-state index >= 15 is 0 Å². The van der Waals surface area contributed by atoms with Gasteiger partial charge in [-0.1, -0.05) is 17.7 Å². The van der Waals surface area contributed by atoms with E-state index in [2.05, 4.69) is 5.32 Å². The van der Waals surface area contributed by atoms with Crippen molar-refractivity contribution in [2.45, 2.75) is 13.3 Å². The van der Waals surface area contributed by atoms with E-state index in [1.807, 2.05) is 13.0 Å². The lowest BCUT2D eigenvalue weighted by molar-refractivity contribution is -0.116. The van der Waals surface area contributed by atoms with Gasteiger partial charge in [-0.15, -0.1) is 0 Å². The zero-order valence-corrected chi connectivity index (χ0v) is 8.64. The highest BCUT2D eigenvalue weighted by atomic mass is 35.5. The van der Waals surface area contributed by atoms with Crippen LogP contribution in [0, 0.1) is 6.92 Å². The molecule has 1 rings (SSSR count). The molecule has 0 saturated carbocycles. The molecular formula is C10H12ClNO2. The molecule has 14 heavy (non-hydrogen) atoms. The maximum Gasteiger partial charge on any atom is 0.226 e. The quantitative estimate of drug-likeness (QED) is 0.807. The number of aliphatic hydroxyl groups is 1. The number of benzene rings is 1. The highest BCUT2D eigenvalue weighted by molar-refractivity contribution is 6.31. The summed E-state index contributed by atoms with van der Waals surface area (Å²) in [4.78, 5) is 11.1. The summed E-state index contributed by atoms with van der Waals surface area (Å²) in [6.45, 7) is 1.74. The van der Waals surface area contributed by atoms with Crippen LogP contribution in [0.3, 0.4) is 0 Å². The molecule has 2 N–H and O–H groups in total. The molecule has 0 atom stereocenters. The van der Waals surface area contributed by atoms with Crippen molar-refractivity contribution in [2.24, 2.45) is 0 Å². The van der Waals surface area contributed by atoms with E-state index in [9.17, 15) is 4.79 Å². The first-order chi connectivity index (χ1) is 6.63. The van der Waals surface area contributed by atoms with Crippen LogP contribution < -0.4 is 5.32 Å². The summed E-state index contributed by atoms with van der Waals surface area (Å²) in [6.07, 6.45) is 0.103. The number of amides is 1. The Morgan fingerprint density at radius 1 is 1.57 bits per heavy atom. The molecule has 0 unspecified atom stereocenters. The molecule has 0 saturated heterocycles. The Hall–Kier alpha value is -1.06. The largest absolute Gasteiger partial charge is 0.396 e. The van der Waals surface area contributed by atoms with E-state index in [4.69, 9.17) is 16.7 Å². The van der Waals surface area contributed by atoms with E-state index in [1.54, 1.807) is 12.1 Å². The van der Waals surface area contributed by atoms with Crippen LogP contribution in [0.5, 0.6) is 0 Å². The zero-order valence-electron chi connectivity index (χ0n) is 7.88. The molecule has 1 aromatic carbocycles. The summed E-state index contributed by atoms with van der Waals surface area (Å²) in [5.74, 6) is -0.215. The summed E-state index contributed by atoms with van der Waals surface area (Å²) in [6, 6.07) is 5.29. The van der Waals surface area contributed by atoms with Gasteiger partial charge in [0.25, 0.3) is 0 Å². The van der Waals surface area contributed by atoms with Crippen molar-refractivity contribution in [1.29, 1.82) is 0 Å². The third kappa shape index (κ3) is 3.01. The van der Waals surface area contributed by atoms with Crippen molar-refractivity contribution in [2.75, 3.05) is 11.9 Å². The van der Waals surface area contributed by atoms with Gasteiger partial charge in [0, 0.05) is 10.7 Å². The number of hydrogen-bond acceptors (Lipinski definition) is 2. The molecule has 0 fully saturated rings. The van der Waals surface area contributed by atoms with E-state index in [0.717, 1.165) is 5.56 Å². The van der Waals surface area contributed by atoms with E-state index < -0.39 is 0 Å². The van der Waals surface area contributed by atoms with Crippen LogP contribution in [0.2, 0.25) is 5.02 Å². The summed E-state index contributed by atoms with van der Waals surface area (Å²) < 4.78 is 0. The van der Waals surface area contributed by atoms with Gasteiger partial charge in [0.1, 0.15) is 0 Å². The molecule has 0 aromatic heterocycles. The standard InChI is InChI=1S/C10H12ClNO2/c1-7-2-3-8(6-9(7)11)12-10(14)4-5-13/h2-3,6,13H,4-5H2,1H3,(H,12,14). The molecular weight excluding hydrogens is 202 g/mol. The Kier molecular flexibility index (Phi) is 3.92. The number of nitrogens with one attached hydrogen (secondary N) is 1. The van der Waals surface area contributed by atoms with Gasteiger partial charge in [0.05, 0.1) is 13.0 Å². The molecule has 0 bridgehead atoms. The average Bonchev–Trinajstić information content (AvgIpc) is 2.12. The number of halogens is 1. The van der Waals surface area contributed by atoms with Gasteiger partial charge in [-0.05, 0) is 24.6 Å². The molecule has 0 aliphatic carbocycles. The Labute approximate surface area is 87.7 Å². The minimum atomic E-state index is -0.215. The first-order valence-corrected chi connectivity index (χ1v) is 4.68. The topological polar surface area (TPSA) is 49.3 Å². The van der Waals surface area contributed by atoms with E-state index in [1.165, 1.54) is 0 Å². The normalized spacial score (nSPS) is 9.93. The summed E-state index contributed by atoms with van der Waals surface area (Å²) in [5, 5.41) is 11.8. The molecule has 0 spiro atoms. The van der Waals surface area contributed by atoms with Crippen LogP contribution in [0.4, 0.5) is 5.69 Å². The van der Waals surface area contributed by atoms with Crippen LogP contribution in [-0.4, -0.2) is 17.6 Å². The number of aliphatic hydroxyl groups excluding tert-OH is 1. The Balaban J connectivity index is 2.68. The third-order valence-electron chi connectivity index (χ3n) is 1.79. The van der Waals surface area contributed by atoms with Crippen LogP contribution in [0.1, 0.15) is 12.0 Å². The zero-order chi connectivity index (χ0) is 10.6. The fourth-order valence-corrected chi connectivity index (χ4v) is 1.18. The lowest BCUT2D eigenvalue weighted by Gasteiger charge is -2.05. The lowest BCUT2D eigenvalue weighted by atomic mass is 10.2. The third-order valence-corrected chi connectivity index (χ3v) is 2.20. The smallest absolute Gasteiger partial charge is 0.226 e. The van der Waals surface area contributed by atoms with Crippen molar-refractivity contribution in [3.05, 3.63) is 28.8 Å². The second-order valence-electron chi connectivity index (χ2n) is 2.99. The number of carbonyl (C=O) groups is 1. The van der Waals surface area contributed by atoms with E-state index in [0.29, 0.717) is 10.7 Å². The number of aryl methyl sites for hydroxylation is 1. The van der Waals surface area contributed by atoms with Gasteiger partial charge in [-0.25, -0.2) is 0 Å². The average molecular weight is 214 g/mol. The SMILES string of the molecule is Cc1ccc(NC(=O)CCO)cc1Cl. The second kappa shape index (κ2) is 4.98. The molecule has 0 aliphatic rings. The van der Waals surface area contributed by atoms with Crippen molar-refractivity contribution in [1.82, 2.24) is 0 Å². The van der Waals surface area contributed by atoms with Gasteiger partial charge in [0.2, 0.25) is 5.91 Å². The van der Waals surface area contributed by atoms with Crippen LogP contribution in [0.15, 0.2) is 18.2 Å². The minimum absolute atomic E-state index is 0.103. The van der Waals surface area contributed by atoms with Crippen molar-refractivity contribution in [3.63, 3.8) is 0 Å². The minimum Gasteiger partial charge on any atom is -0.396 e. The maximum atomic E-state index is 11.1. The first-order valence-electron chi connectivity index (χ1n) is 4.30. The highest BCUT2D eigenvalue weighted by Gasteiger charge is 2.02. The van der Waals surface area contributed by atoms with Gasteiger partial charge in [-0.2, -0.15) is 0 Å². The predicted molar refractivity (Wildman–Crippen MR) is 56.5 cm³/mol. The van der Waals surface area contributed by atoms with Crippen LogP contribution in [-0.2, 0) is 4.79 Å². The monoisotopic (exact) mass is 213 g/mol. The number of carbonyl (C=O) groups excluding carboxylic acids is 1. The number of hydrogen-bond donors (Lipinski definition) is 2. The molecule has 4 heteroatoms. The molecule has 1 amide bonds.